The second-order valence-corrected chi connectivity index (χ2v) is 20.3. The first-order chi connectivity index (χ1) is 36.8. The highest BCUT2D eigenvalue weighted by molar-refractivity contribution is 6.21. The van der Waals surface area contributed by atoms with E-state index in [1.54, 1.807) is 0 Å². The first-order valence-corrected chi connectivity index (χ1v) is 26.1. The molecule has 11 aromatic rings. The van der Waals surface area contributed by atoms with E-state index in [0.29, 0.717) is 17.7 Å². The van der Waals surface area contributed by atoms with Crippen LogP contribution in [0.15, 0.2) is 206 Å². The van der Waals surface area contributed by atoms with Gasteiger partial charge in [-0.15, -0.1) is 0 Å². The summed E-state index contributed by atoms with van der Waals surface area (Å²) in [5.41, 5.74) is 14.1. The molecule has 0 saturated carbocycles. The number of benzene rings is 8. The molecule has 1 aliphatic heterocycles. The summed E-state index contributed by atoms with van der Waals surface area (Å²) >= 11 is 0. The number of nitrogens with zero attached hydrogens (tertiary/aromatic N) is 6. The molecule has 2 unspecified atom stereocenters. The van der Waals surface area contributed by atoms with Crippen LogP contribution < -0.4 is 9.64 Å². The first-order valence-electron chi connectivity index (χ1n) is 26.1. The SMILES string of the molecule is CCCc1c(C)c2ccccc2n1-c1ccc2c(c1)c1c(n2C2=CC(C#N)[C@@](C)(n3c4ccc(N(c5ccccc5)c5ccccc5)cc4c4c5ccccc5ccc43)C=C2C#N)/C=C\Cc2ccccc2OC1C. The minimum Gasteiger partial charge on any atom is -0.486 e. The standard InChI is InChI=1S/C68H54N6O/c1-5-19-58-44(2)54-27-15-16-29-59(54)72(58)53-33-36-60-56(40-53)66-45(3)75-65-31-17-13-21-47(65)22-18-30-62(66)73(60)64-38-49(43-70)68(4,41-48(64)42-69)74-61-37-34-52(71(50-23-8-6-9-24-50)51-25-10-7-11-26-51)39-57(61)67-55-28-14-12-20-46(55)32-35-63(67)74/h6-18,20-21,23-41,45,49H,5,19,22H2,1-4H3/b30-18-/t45?,49?,68-/m0/s1. The quantitative estimate of drug-likeness (QED) is 0.152. The van der Waals surface area contributed by atoms with E-state index in [1.165, 1.54) is 22.2 Å². The van der Waals surface area contributed by atoms with Gasteiger partial charge < -0.3 is 23.3 Å². The average Bonchev–Trinajstić information content (AvgIpc) is 4.10. The van der Waals surface area contributed by atoms with Crippen LogP contribution in [0.3, 0.4) is 0 Å². The number of aromatic nitrogens is 3. The Bertz CT molecular complexity index is 4250. The largest absolute Gasteiger partial charge is 0.486 e. The maximum Gasteiger partial charge on any atom is 0.124 e. The van der Waals surface area contributed by atoms with Crippen molar-refractivity contribution in [3.63, 3.8) is 0 Å². The Labute approximate surface area is 437 Å². The monoisotopic (exact) mass is 970 g/mol. The molecule has 13 rings (SSSR count). The van der Waals surface area contributed by atoms with E-state index in [-0.39, 0.29) is 6.10 Å². The molecule has 0 spiro atoms. The second-order valence-electron chi connectivity index (χ2n) is 20.3. The number of rotatable bonds is 8. The maximum atomic E-state index is 11.6. The van der Waals surface area contributed by atoms with E-state index in [4.69, 9.17) is 4.74 Å². The molecular weight excluding hydrogens is 917 g/mol. The third-order valence-electron chi connectivity index (χ3n) is 15.9. The zero-order valence-electron chi connectivity index (χ0n) is 42.5. The number of fused-ring (bicyclic) bond motifs is 10. The van der Waals surface area contributed by atoms with Crippen molar-refractivity contribution in [1.82, 2.24) is 13.7 Å². The van der Waals surface area contributed by atoms with E-state index in [0.717, 1.165) is 102 Å². The van der Waals surface area contributed by atoms with Crippen molar-refractivity contribution in [3.05, 3.63) is 234 Å². The van der Waals surface area contributed by atoms with Gasteiger partial charge in [0.25, 0.3) is 0 Å². The molecule has 3 atom stereocenters. The van der Waals surface area contributed by atoms with Crippen LogP contribution in [-0.4, -0.2) is 13.7 Å². The lowest BCUT2D eigenvalue weighted by Gasteiger charge is -2.37. The fourth-order valence-corrected chi connectivity index (χ4v) is 12.5. The Hall–Kier alpha value is -9.30. The molecule has 4 heterocycles. The van der Waals surface area contributed by atoms with E-state index in [2.05, 4.69) is 247 Å². The molecular formula is C68H54N6O. The van der Waals surface area contributed by atoms with Crippen LogP contribution in [-0.2, 0) is 18.4 Å². The number of para-hydroxylation sites is 4. The summed E-state index contributed by atoms with van der Waals surface area (Å²) in [6.45, 7) is 8.73. The van der Waals surface area contributed by atoms with Gasteiger partial charge >= 0.3 is 0 Å². The van der Waals surface area contributed by atoms with E-state index in [9.17, 15) is 10.5 Å². The molecule has 0 saturated heterocycles. The minimum absolute atomic E-state index is 0.367. The van der Waals surface area contributed by atoms with Crippen molar-refractivity contribution in [2.75, 3.05) is 4.90 Å². The van der Waals surface area contributed by atoms with Crippen LogP contribution in [0.2, 0.25) is 0 Å². The maximum absolute atomic E-state index is 11.6. The topological polar surface area (TPSA) is 74.8 Å². The number of hydrogen-bond donors (Lipinski definition) is 0. The predicted molar refractivity (Wildman–Crippen MR) is 308 cm³/mol. The van der Waals surface area contributed by atoms with Gasteiger partial charge in [-0.3, -0.25) is 0 Å². The van der Waals surface area contributed by atoms with E-state index < -0.39 is 11.5 Å². The fourth-order valence-electron chi connectivity index (χ4n) is 12.5. The van der Waals surface area contributed by atoms with Crippen molar-refractivity contribution < 1.29 is 4.74 Å². The summed E-state index contributed by atoms with van der Waals surface area (Å²) < 4.78 is 14.0. The molecule has 0 fully saturated rings. The minimum atomic E-state index is -0.995. The van der Waals surface area contributed by atoms with Crippen molar-refractivity contribution in [2.45, 2.75) is 58.6 Å². The molecule has 3 aromatic heterocycles. The molecule has 0 radical (unpaired) electrons. The molecule has 2 aliphatic rings. The number of allylic oxidation sites excluding steroid dienone is 5. The molecule has 7 nitrogen and oxygen atoms in total. The zero-order valence-corrected chi connectivity index (χ0v) is 42.5. The lowest BCUT2D eigenvalue weighted by Crippen LogP contribution is -2.37. The first kappa shape index (κ1) is 45.6. The third kappa shape index (κ3) is 7.14. The molecule has 8 aromatic carbocycles. The average molecular weight is 971 g/mol. The number of hydrogen-bond acceptors (Lipinski definition) is 4. The number of anilines is 3. The molecule has 0 bridgehead atoms. The lowest BCUT2D eigenvalue weighted by atomic mass is 9.79. The molecule has 0 N–H and O–H groups in total. The Balaban J connectivity index is 1.03. The van der Waals surface area contributed by atoms with Crippen LogP contribution in [0, 0.1) is 35.5 Å². The van der Waals surface area contributed by atoms with Crippen LogP contribution in [0.5, 0.6) is 5.75 Å². The summed E-state index contributed by atoms with van der Waals surface area (Å²) in [5, 5.41) is 29.9. The van der Waals surface area contributed by atoms with Crippen molar-refractivity contribution in [1.29, 1.82) is 10.5 Å². The Morgan fingerprint density at radius 3 is 2.11 bits per heavy atom. The number of nitriles is 2. The summed E-state index contributed by atoms with van der Waals surface area (Å²) in [6, 6.07) is 69.7. The number of aryl methyl sites for hydroxylation is 1. The third-order valence-corrected chi connectivity index (χ3v) is 15.9. The molecule has 7 heteroatoms. The Kier molecular flexibility index (Phi) is 10.9. The van der Waals surface area contributed by atoms with E-state index >= 15 is 0 Å². The number of ether oxygens (including phenoxy) is 1. The summed E-state index contributed by atoms with van der Waals surface area (Å²) in [5.74, 6) is 0.154. The van der Waals surface area contributed by atoms with Gasteiger partial charge in [-0.2, -0.15) is 10.5 Å². The molecule has 0 amide bonds. The predicted octanol–water partition coefficient (Wildman–Crippen LogP) is 17.1. The normalized spacial score (nSPS) is 17.8. The van der Waals surface area contributed by atoms with Gasteiger partial charge in [0.05, 0.1) is 56.6 Å². The van der Waals surface area contributed by atoms with Gasteiger partial charge in [-0.25, -0.2) is 0 Å². The highest BCUT2D eigenvalue weighted by Crippen LogP contribution is 2.49. The summed E-state index contributed by atoms with van der Waals surface area (Å²) in [7, 11) is 0. The van der Waals surface area contributed by atoms with Crippen LogP contribution in [0.4, 0.5) is 17.1 Å². The van der Waals surface area contributed by atoms with Gasteiger partial charge in [-0.1, -0.05) is 123 Å². The van der Waals surface area contributed by atoms with Crippen molar-refractivity contribution >= 4 is 83.2 Å². The van der Waals surface area contributed by atoms with Gasteiger partial charge in [0.1, 0.15) is 17.9 Å². The van der Waals surface area contributed by atoms with Gasteiger partial charge in [-0.05, 0) is 153 Å². The summed E-state index contributed by atoms with van der Waals surface area (Å²) in [4.78, 5) is 2.29. The van der Waals surface area contributed by atoms with Gasteiger partial charge in [0.2, 0.25) is 0 Å². The molecule has 75 heavy (non-hydrogen) atoms. The second kappa shape index (κ2) is 18.0. The highest BCUT2D eigenvalue weighted by atomic mass is 16.5. The van der Waals surface area contributed by atoms with Crippen LogP contribution in [0.25, 0.3) is 71.8 Å². The summed E-state index contributed by atoms with van der Waals surface area (Å²) in [6.07, 6.45) is 10.8. The Morgan fingerprint density at radius 2 is 1.35 bits per heavy atom. The van der Waals surface area contributed by atoms with Gasteiger partial charge in [0, 0.05) is 55.6 Å². The van der Waals surface area contributed by atoms with Crippen LogP contribution >= 0.6 is 0 Å². The van der Waals surface area contributed by atoms with Gasteiger partial charge in [0.15, 0.2) is 0 Å². The lowest BCUT2D eigenvalue weighted by molar-refractivity contribution is 0.226. The van der Waals surface area contributed by atoms with Crippen LogP contribution in [0.1, 0.15) is 61.4 Å². The fraction of sp³-hybridized carbons (Fsp3) is 0.147. The molecule has 1 aliphatic carbocycles. The van der Waals surface area contributed by atoms with Crippen molar-refractivity contribution in [2.24, 2.45) is 5.92 Å². The van der Waals surface area contributed by atoms with Crippen molar-refractivity contribution in [3.8, 4) is 23.6 Å². The zero-order chi connectivity index (χ0) is 51.0. The van der Waals surface area contributed by atoms with E-state index in [1.807, 2.05) is 18.2 Å². The Morgan fingerprint density at radius 1 is 0.667 bits per heavy atom. The molecule has 362 valence electrons. The smallest absolute Gasteiger partial charge is 0.124 e. The highest BCUT2D eigenvalue weighted by Gasteiger charge is 2.41.